The molecular formula is C26H34N2O4. The van der Waals surface area contributed by atoms with Gasteiger partial charge in [0.05, 0.1) is 18.4 Å². The minimum Gasteiger partial charge on any atom is -0.493 e. The van der Waals surface area contributed by atoms with E-state index in [0.717, 1.165) is 35.5 Å². The first-order valence-corrected chi connectivity index (χ1v) is 11.7. The molecule has 1 amide bonds. The molecule has 3 atom stereocenters. The fourth-order valence-corrected chi connectivity index (χ4v) is 5.34. The molecule has 4 rings (SSSR count). The molecule has 32 heavy (non-hydrogen) atoms. The third kappa shape index (κ3) is 4.69. The van der Waals surface area contributed by atoms with E-state index in [0.29, 0.717) is 36.0 Å². The van der Waals surface area contributed by atoms with Crippen LogP contribution in [0.2, 0.25) is 0 Å². The number of fused-ring (bicyclic) bond motifs is 1. The Morgan fingerprint density at radius 2 is 2.03 bits per heavy atom. The zero-order valence-corrected chi connectivity index (χ0v) is 19.6. The zero-order valence-electron chi connectivity index (χ0n) is 19.6. The Bertz CT molecular complexity index is 959. The topological polar surface area (TPSA) is 64.8 Å². The van der Waals surface area contributed by atoms with Crippen molar-refractivity contribution >= 4 is 12.0 Å². The summed E-state index contributed by atoms with van der Waals surface area (Å²) < 4.78 is 16.7. The van der Waals surface area contributed by atoms with E-state index in [1.807, 2.05) is 38.1 Å². The van der Waals surface area contributed by atoms with Gasteiger partial charge >= 0.3 is 0 Å². The van der Waals surface area contributed by atoms with Crippen LogP contribution in [0.3, 0.4) is 0 Å². The predicted molar refractivity (Wildman–Crippen MR) is 124 cm³/mol. The number of nitrogens with zero attached hydrogens (tertiary/aromatic N) is 2. The maximum atomic E-state index is 13.1. The quantitative estimate of drug-likeness (QED) is 0.571. The summed E-state index contributed by atoms with van der Waals surface area (Å²) in [5, 5.41) is 3.96. The summed E-state index contributed by atoms with van der Waals surface area (Å²) in [5.74, 6) is 3.40. The Balaban J connectivity index is 1.44. The van der Waals surface area contributed by atoms with Gasteiger partial charge in [-0.15, -0.1) is 0 Å². The van der Waals surface area contributed by atoms with E-state index in [1.54, 1.807) is 13.2 Å². The first-order chi connectivity index (χ1) is 15.5. The number of amides is 1. The van der Waals surface area contributed by atoms with Crippen LogP contribution in [0.4, 0.5) is 0 Å². The molecular weight excluding hydrogens is 404 g/mol. The van der Waals surface area contributed by atoms with Gasteiger partial charge in [-0.3, -0.25) is 4.79 Å². The maximum Gasteiger partial charge on any atom is 0.246 e. The Hall–Kier alpha value is -2.76. The number of methoxy groups -OCH3 is 1. The van der Waals surface area contributed by atoms with Crippen LogP contribution in [-0.4, -0.2) is 35.7 Å². The van der Waals surface area contributed by atoms with Crippen LogP contribution >= 0.6 is 0 Å². The van der Waals surface area contributed by atoms with Crippen LogP contribution in [-0.2, 0) is 11.4 Å². The molecule has 1 aromatic carbocycles. The lowest BCUT2D eigenvalue weighted by molar-refractivity contribution is -0.133. The van der Waals surface area contributed by atoms with Crippen molar-refractivity contribution in [1.29, 1.82) is 0 Å². The number of carbonyl (C=O) groups is 1. The number of aryl methyl sites for hydroxylation is 2. The Kier molecular flexibility index (Phi) is 6.87. The Morgan fingerprint density at radius 1 is 1.22 bits per heavy atom. The van der Waals surface area contributed by atoms with E-state index in [-0.39, 0.29) is 5.91 Å². The number of hydrogen-bond donors (Lipinski definition) is 0. The van der Waals surface area contributed by atoms with Crippen molar-refractivity contribution in [3.05, 3.63) is 46.9 Å². The minimum absolute atomic E-state index is 0.117. The second-order valence-electron chi connectivity index (χ2n) is 9.17. The van der Waals surface area contributed by atoms with Crippen LogP contribution in [0.25, 0.3) is 6.08 Å². The van der Waals surface area contributed by atoms with Crippen molar-refractivity contribution in [3.63, 3.8) is 0 Å². The van der Waals surface area contributed by atoms with E-state index in [2.05, 4.69) is 17.0 Å². The van der Waals surface area contributed by atoms with Gasteiger partial charge in [0.1, 0.15) is 12.4 Å². The van der Waals surface area contributed by atoms with E-state index in [9.17, 15) is 4.79 Å². The van der Waals surface area contributed by atoms with Gasteiger partial charge in [0, 0.05) is 18.7 Å². The molecule has 1 saturated carbocycles. The number of likely N-dealkylation sites (tertiary alicyclic amines) is 1. The summed E-state index contributed by atoms with van der Waals surface area (Å²) in [6.07, 6.45) is 9.73. The van der Waals surface area contributed by atoms with Crippen molar-refractivity contribution in [2.75, 3.05) is 13.7 Å². The van der Waals surface area contributed by atoms with E-state index in [1.165, 1.54) is 25.7 Å². The number of benzene rings is 1. The molecule has 0 bridgehead atoms. The molecule has 6 heteroatoms. The van der Waals surface area contributed by atoms with Crippen LogP contribution < -0.4 is 9.47 Å². The first kappa shape index (κ1) is 22.4. The van der Waals surface area contributed by atoms with Gasteiger partial charge in [-0.2, -0.15) is 0 Å². The van der Waals surface area contributed by atoms with Crippen molar-refractivity contribution in [1.82, 2.24) is 10.1 Å². The van der Waals surface area contributed by atoms with E-state index in [4.69, 9.17) is 14.0 Å². The minimum atomic E-state index is 0.117. The molecule has 1 aliphatic heterocycles. The molecule has 172 valence electrons. The largest absolute Gasteiger partial charge is 0.493 e. The van der Waals surface area contributed by atoms with Gasteiger partial charge in [-0.25, -0.2) is 0 Å². The molecule has 0 radical (unpaired) electrons. The summed E-state index contributed by atoms with van der Waals surface area (Å²) in [4.78, 5) is 15.2. The second kappa shape index (κ2) is 9.80. The molecule has 1 aromatic heterocycles. The van der Waals surface area contributed by atoms with Crippen molar-refractivity contribution in [2.24, 2.45) is 11.8 Å². The Morgan fingerprint density at radius 3 is 2.78 bits per heavy atom. The van der Waals surface area contributed by atoms with Gasteiger partial charge in [0.25, 0.3) is 0 Å². The van der Waals surface area contributed by atoms with Gasteiger partial charge in [0.2, 0.25) is 5.91 Å². The van der Waals surface area contributed by atoms with Crippen LogP contribution in [0.15, 0.2) is 28.8 Å². The van der Waals surface area contributed by atoms with Gasteiger partial charge in [-0.1, -0.05) is 24.6 Å². The lowest BCUT2D eigenvalue weighted by atomic mass is 9.73. The highest BCUT2D eigenvalue weighted by Gasteiger charge is 2.38. The third-order valence-electron chi connectivity index (χ3n) is 7.08. The van der Waals surface area contributed by atoms with Crippen LogP contribution in [0.5, 0.6) is 11.5 Å². The second-order valence-corrected chi connectivity index (χ2v) is 9.17. The molecule has 1 aliphatic carbocycles. The fourth-order valence-electron chi connectivity index (χ4n) is 5.34. The first-order valence-electron chi connectivity index (χ1n) is 11.7. The Labute approximate surface area is 190 Å². The standard InChI is InChI=1S/C26H34N2O4/c1-17-7-5-8-21-9-6-14-28(26(17)21)25(29)13-11-20-10-12-23(24(15-20)30-4)31-16-22-18(2)27-32-19(22)3/h10-13,15,17,21,26H,5-9,14,16H2,1-4H3/b13-11+. The normalized spacial score (nSPS) is 23.2. The number of hydrogen-bond acceptors (Lipinski definition) is 5. The van der Waals surface area contributed by atoms with Crippen LogP contribution in [0.1, 0.15) is 61.6 Å². The van der Waals surface area contributed by atoms with Gasteiger partial charge < -0.3 is 18.9 Å². The lowest BCUT2D eigenvalue weighted by Crippen LogP contribution is -2.52. The van der Waals surface area contributed by atoms with Crippen molar-refractivity contribution in [2.45, 2.75) is 65.5 Å². The average molecular weight is 439 g/mol. The smallest absolute Gasteiger partial charge is 0.246 e. The highest BCUT2D eigenvalue weighted by Crippen LogP contribution is 2.39. The van der Waals surface area contributed by atoms with E-state index < -0.39 is 0 Å². The molecule has 2 aromatic rings. The fraction of sp³-hybridized carbons (Fsp3) is 0.538. The monoisotopic (exact) mass is 438 g/mol. The molecule has 0 N–H and O–H groups in total. The summed E-state index contributed by atoms with van der Waals surface area (Å²) in [6.45, 7) is 7.31. The van der Waals surface area contributed by atoms with Crippen molar-refractivity contribution < 1.29 is 18.8 Å². The number of piperidine rings is 1. The summed E-state index contributed by atoms with van der Waals surface area (Å²) in [7, 11) is 1.62. The van der Waals surface area contributed by atoms with Gasteiger partial charge in [-0.05, 0) is 75.1 Å². The number of aromatic nitrogens is 1. The maximum absolute atomic E-state index is 13.1. The molecule has 3 unspecified atom stereocenters. The molecule has 6 nitrogen and oxygen atoms in total. The molecule has 0 spiro atoms. The van der Waals surface area contributed by atoms with E-state index >= 15 is 0 Å². The zero-order chi connectivity index (χ0) is 22.7. The molecule has 2 aliphatic rings. The van der Waals surface area contributed by atoms with Crippen LogP contribution in [0, 0.1) is 25.7 Å². The molecule has 2 heterocycles. The summed E-state index contributed by atoms with van der Waals surface area (Å²) >= 11 is 0. The highest BCUT2D eigenvalue weighted by molar-refractivity contribution is 5.92. The van der Waals surface area contributed by atoms with Crippen molar-refractivity contribution in [3.8, 4) is 11.5 Å². The summed E-state index contributed by atoms with van der Waals surface area (Å²) in [5.41, 5.74) is 2.68. The van der Waals surface area contributed by atoms with Gasteiger partial charge in [0.15, 0.2) is 11.5 Å². The molecule has 1 saturated heterocycles. The number of carbonyl (C=O) groups excluding carboxylic acids is 1. The predicted octanol–water partition coefficient (Wildman–Crippen LogP) is 5.32. The number of rotatable bonds is 6. The summed E-state index contributed by atoms with van der Waals surface area (Å²) in [6, 6.07) is 6.11. The average Bonchev–Trinajstić information content (AvgIpc) is 3.13. The highest BCUT2D eigenvalue weighted by atomic mass is 16.5. The SMILES string of the molecule is COc1cc(/C=C/C(=O)N2CCCC3CCCC(C)C32)ccc1OCc1c(C)noc1C. The lowest BCUT2D eigenvalue weighted by Gasteiger charge is -2.47. The third-order valence-corrected chi connectivity index (χ3v) is 7.08. The molecule has 2 fully saturated rings. The number of ether oxygens (including phenoxy) is 2.